The molecule has 0 spiro atoms. The summed E-state index contributed by atoms with van der Waals surface area (Å²) in [5.41, 5.74) is 0. The summed E-state index contributed by atoms with van der Waals surface area (Å²) in [4.78, 5) is 0. The van der Waals surface area contributed by atoms with Crippen molar-refractivity contribution in [2.45, 2.75) is 37.0 Å². The second kappa shape index (κ2) is 3.36. The van der Waals surface area contributed by atoms with Gasteiger partial charge in [0, 0.05) is 0 Å². The standard InChI is InChI=1S/C9H20OS/c1-11(2,3)9-6-4-8(10)5-7-9/h8-10H,4-7H2,1-3H3/t8-,9+. The average molecular weight is 176 g/mol. The molecule has 11 heavy (non-hydrogen) atoms. The van der Waals surface area contributed by atoms with Crippen LogP contribution in [-0.2, 0) is 0 Å². The van der Waals surface area contributed by atoms with Crippen molar-refractivity contribution in [1.29, 1.82) is 0 Å². The van der Waals surface area contributed by atoms with E-state index in [9.17, 15) is 5.11 Å². The molecule has 0 unspecified atom stereocenters. The van der Waals surface area contributed by atoms with Gasteiger partial charge in [-0.15, -0.1) is 0 Å². The Balaban J connectivity index is 2.39. The van der Waals surface area contributed by atoms with E-state index in [-0.39, 0.29) is 16.1 Å². The summed E-state index contributed by atoms with van der Waals surface area (Å²) in [6.07, 6.45) is 11.7. The zero-order valence-corrected chi connectivity index (χ0v) is 8.66. The Hall–Kier alpha value is 0.310. The molecule has 1 fully saturated rings. The van der Waals surface area contributed by atoms with E-state index >= 15 is 0 Å². The minimum atomic E-state index is -0.360. The summed E-state index contributed by atoms with van der Waals surface area (Å²) in [5.74, 6) is 0. The molecule has 1 rings (SSSR count). The molecule has 0 atom stereocenters. The van der Waals surface area contributed by atoms with Crippen LogP contribution in [-0.4, -0.2) is 35.2 Å². The maximum absolute atomic E-state index is 9.30. The molecule has 1 nitrogen and oxygen atoms in total. The summed E-state index contributed by atoms with van der Waals surface area (Å²) in [7, 11) is -0.360. The Morgan fingerprint density at radius 1 is 1.00 bits per heavy atom. The maximum atomic E-state index is 9.30. The third-order valence-electron chi connectivity index (χ3n) is 2.64. The Bertz CT molecular complexity index is 120. The first-order valence-corrected chi connectivity index (χ1v) is 7.27. The van der Waals surface area contributed by atoms with Crippen molar-refractivity contribution >= 4 is 10.0 Å². The number of hydrogen-bond acceptors (Lipinski definition) is 1. The molecule has 68 valence electrons. The van der Waals surface area contributed by atoms with Gasteiger partial charge in [-0.3, -0.25) is 0 Å². The fourth-order valence-corrected chi connectivity index (χ4v) is 3.44. The maximum Gasteiger partial charge on any atom is 0.0541 e. The number of hydrogen-bond donors (Lipinski definition) is 1. The summed E-state index contributed by atoms with van der Waals surface area (Å²) in [6.45, 7) is 0. The first kappa shape index (κ1) is 9.40. The highest BCUT2D eigenvalue weighted by atomic mass is 32.3. The smallest absolute Gasteiger partial charge is 0.0541 e. The van der Waals surface area contributed by atoms with Gasteiger partial charge in [0.05, 0.1) is 6.10 Å². The predicted molar refractivity (Wildman–Crippen MR) is 53.6 cm³/mol. The first-order valence-electron chi connectivity index (χ1n) is 4.35. The third-order valence-corrected chi connectivity index (χ3v) is 5.12. The quantitative estimate of drug-likeness (QED) is 0.648. The van der Waals surface area contributed by atoms with Crippen LogP contribution in [0.1, 0.15) is 25.7 Å². The van der Waals surface area contributed by atoms with Crippen LogP contribution in [0.15, 0.2) is 0 Å². The van der Waals surface area contributed by atoms with Crippen LogP contribution >= 0.6 is 10.0 Å². The number of rotatable bonds is 1. The SMILES string of the molecule is CS(C)(C)[C@H]1CC[C@@H](O)CC1. The van der Waals surface area contributed by atoms with Crippen LogP contribution in [0.4, 0.5) is 0 Å². The van der Waals surface area contributed by atoms with E-state index in [4.69, 9.17) is 0 Å². The van der Waals surface area contributed by atoms with Crippen molar-refractivity contribution in [3.8, 4) is 0 Å². The van der Waals surface area contributed by atoms with Gasteiger partial charge in [-0.05, 0) is 49.7 Å². The summed E-state index contributed by atoms with van der Waals surface area (Å²) >= 11 is 0. The Morgan fingerprint density at radius 2 is 1.45 bits per heavy atom. The van der Waals surface area contributed by atoms with Crippen molar-refractivity contribution in [2.24, 2.45) is 0 Å². The highest BCUT2D eigenvalue weighted by Gasteiger charge is 2.25. The lowest BCUT2D eigenvalue weighted by atomic mass is 9.97. The van der Waals surface area contributed by atoms with E-state index in [2.05, 4.69) is 18.8 Å². The fraction of sp³-hybridized carbons (Fsp3) is 1.00. The lowest BCUT2D eigenvalue weighted by molar-refractivity contribution is 0.132. The minimum absolute atomic E-state index is 0.00741. The molecule has 1 N–H and O–H groups in total. The lowest BCUT2D eigenvalue weighted by Gasteiger charge is -2.39. The minimum Gasteiger partial charge on any atom is -0.393 e. The largest absolute Gasteiger partial charge is 0.393 e. The molecule has 0 heterocycles. The highest BCUT2D eigenvalue weighted by molar-refractivity contribution is 8.32. The van der Waals surface area contributed by atoms with Crippen molar-refractivity contribution in [3.05, 3.63) is 0 Å². The number of aliphatic hydroxyl groups excluding tert-OH is 1. The van der Waals surface area contributed by atoms with E-state index < -0.39 is 0 Å². The second-order valence-corrected chi connectivity index (χ2v) is 8.89. The normalized spacial score (nSPS) is 35.3. The van der Waals surface area contributed by atoms with Gasteiger partial charge in [-0.25, -0.2) is 10.0 Å². The van der Waals surface area contributed by atoms with E-state index in [1.807, 2.05) is 0 Å². The van der Waals surface area contributed by atoms with Crippen LogP contribution in [0, 0.1) is 0 Å². The highest BCUT2D eigenvalue weighted by Crippen LogP contribution is 2.47. The van der Waals surface area contributed by atoms with Crippen molar-refractivity contribution in [1.82, 2.24) is 0 Å². The monoisotopic (exact) mass is 176 g/mol. The van der Waals surface area contributed by atoms with Crippen LogP contribution in [0.5, 0.6) is 0 Å². The second-order valence-electron chi connectivity index (χ2n) is 4.36. The Morgan fingerprint density at radius 3 is 1.82 bits per heavy atom. The van der Waals surface area contributed by atoms with Gasteiger partial charge in [0.2, 0.25) is 0 Å². The molecular weight excluding hydrogens is 156 g/mol. The predicted octanol–water partition coefficient (Wildman–Crippen LogP) is 1.98. The first-order chi connectivity index (χ1) is 5.00. The van der Waals surface area contributed by atoms with Gasteiger partial charge < -0.3 is 5.11 Å². The van der Waals surface area contributed by atoms with Crippen LogP contribution < -0.4 is 0 Å². The molecule has 0 amide bonds. The zero-order chi connectivity index (χ0) is 8.48. The average Bonchev–Trinajstić information content (AvgIpc) is 1.86. The molecule has 0 aromatic carbocycles. The van der Waals surface area contributed by atoms with Crippen molar-refractivity contribution in [3.63, 3.8) is 0 Å². The topological polar surface area (TPSA) is 20.2 Å². The molecule has 2 heteroatoms. The molecule has 0 aromatic rings. The van der Waals surface area contributed by atoms with Crippen LogP contribution in [0.25, 0.3) is 0 Å². The molecule has 1 aliphatic rings. The van der Waals surface area contributed by atoms with Gasteiger partial charge in [0.15, 0.2) is 0 Å². The summed E-state index contributed by atoms with van der Waals surface area (Å²) in [6, 6.07) is 0. The van der Waals surface area contributed by atoms with E-state index in [1.54, 1.807) is 0 Å². The summed E-state index contributed by atoms with van der Waals surface area (Å²) in [5, 5.41) is 10.2. The molecule has 0 radical (unpaired) electrons. The van der Waals surface area contributed by atoms with Gasteiger partial charge >= 0.3 is 0 Å². The third kappa shape index (κ3) is 2.68. The van der Waals surface area contributed by atoms with Crippen LogP contribution in [0.3, 0.4) is 0 Å². The van der Waals surface area contributed by atoms with Gasteiger partial charge in [0.25, 0.3) is 0 Å². The van der Waals surface area contributed by atoms with Gasteiger partial charge in [-0.2, -0.15) is 0 Å². The molecule has 0 bridgehead atoms. The van der Waals surface area contributed by atoms with Gasteiger partial charge in [0.1, 0.15) is 0 Å². The molecule has 1 aliphatic carbocycles. The van der Waals surface area contributed by atoms with Crippen molar-refractivity contribution in [2.75, 3.05) is 18.8 Å². The molecular formula is C9H20OS. The molecule has 0 saturated heterocycles. The van der Waals surface area contributed by atoms with Gasteiger partial charge in [-0.1, -0.05) is 0 Å². The molecule has 0 aromatic heterocycles. The van der Waals surface area contributed by atoms with E-state index in [0.717, 1.165) is 18.1 Å². The van der Waals surface area contributed by atoms with E-state index in [0.29, 0.717) is 0 Å². The molecule has 1 saturated carbocycles. The Labute approximate surface area is 71.5 Å². The number of aliphatic hydroxyl groups is 1. The summed E-state index contributed by atoms with van der Waals surface area (Å²) < 4.78 is 0. The van der Waals surface area contributed by atoms with E-state index in [1.165, 1.54) is 12.8 Å². The van der Waals surface area contributed by atoms with Crippen molar-refractivity contribution < 1.29 is 5.11 Å². The van der Waals surface area contributed by atoms with Crippen LogP contribution in [0.2, 0.25) is 0 Å². The lowest BCUT2D eigenvalue weighted by Crippen LogP contribution is -2.25. The molecule has 0 aliphatic heterocycles. The Kier molecular flexibility index (Phi) is 2.87. The fourth-order valence-electron chi connectivity index (χ4n) is 1.75. The zero-order valence-electron chi connectivity index (χ0n) is 7.84.